The van der Waals surface area contributed by atoms with E-state index in [1.165, 1.54) is 23.3 Å². The average molecular weight is 288 g/mol. The zero-order valence-electron chi connectivity index (χ0n) is 11.6. The summed E-state index contributed by atoms with van der Waals surface area (Å²) in [5, 5.41) is 9.26. The van der Waals surface area contributed by atoms with E-state index in [1.54, 1.807) is 15.9 Å². The van der Waals surface area contributed by atoms with Crippen LogP contribution >= 0.6 is 11.3 Å². The molecule has 4 rings (SSSR count). The minimum Gasteiger partial charge on any atom is -0.277 e. The third-order valence-corrected chi connectivity index (χ3v) is 5.46. The number of aryl methyl sites for hydroxylation is 4. The van der Waals surface area contributed by atoms with Crippen molar-refractivity contribution >= 4 is 27.3 Å². The number of rotatable bonds is 1. The fourth-order valence-electron chi connectivity index (χ4n) is 3.20. The molecule has 20 heavy (non-hydrogen) atoms. The molecule has 104 valence electrons. The zero-order valence-corrected chi connectivity index (χ0v) is 12.5. The Morgan fingerprint density at radius 3 is 2.85 bits per heavy atom. The molecule has 0 N–H and O–H groups in total. The fraction of sp³-hybridized carbons (Fsp3) is 0.500. The predicted octanol–water partition coefficient (Wildman–Crippen LogP) is 2.31. The second-order valence-corrected chi connectivity index (χ2v) is 6.41. The third kappa shape index (κ3) is 1.40. The van der Waals surface area contributed by atoms with Crippen molar-refractivity contribution in [2.45, 2.75) is 46.1 Å². The molecule has 1 aliphatic rings. The largest absolute Gasteiger partial charge is 0.277 e. The first-order valence-corrected chi connectivity index (χ1v) is 7.92. The lowest BCUT2D eigenvalue weighted by Gasteiger charge is -2.10. The van der Waals surface area contributed by atoms with Gasteiger partial charge in [-0.3, -0.25) is 13.8 Å². The Bertz CT molecular complexity index is 886. The summed E-state index contributed by atoms with van der Waals surface area (Å²) in [5.41, 5.74) is 1.38. The van der Waals surface area contributed by atoms with E-state index in [-0.39, 0.29) is 5.56 Å². The van der Waals surface area contributed by atoms with Crippen molar-refractivity contribution in [1.82, 2.24) is 19.2 Å². The first kappa shape index (κ1) is 12.1. The van der Waals surface area contributed by atoms with Crippen molar-refractivity contribution in [2.24, 2.45) is 0 Å². The average Bonchev–Trinajstić information content (AvgIpc) is 3.00. The van der Waals surface area contributed by atoms with Crippen LogP contribution in [0.25, 0.3) is 16.0 Å². The molecule has 3 aromatic heterocycles. The van der Waals surface area contributed by atoms with Crippen molar-refractivity contribution in [3.8, 4) is 0 Å². The van der Waals surface area contributed by atoms with E-state index in [0.29, 0.717) is 12.3 Å². The molecule has 0 spiro atoms. The minimum atomic E-state index is 0.0989. The lowest BCUT2D eigenvalue weighted by atomic mass is 9.97. The molecule has 0 aromatic carbocycles. The molecule has 6 heteroatoms. The Balaban J connectivity index is 2.29. The van der Waals surface area contributed by atoms with Crippen LogP contribution in [0.1, 0.15) is 36.0 Å². The van der Waals surface area contributed by atoms with E-state index in [4.69, 9.17) is 0 Å². The van der Waals surface area contributed by atoms with Gasteiger partial charge in [-0.15, -0.1) is 21.5 Å². The summed E-state index contributed by atoms with van der Waals surface area (Å²) in [6, 6.07) is 0. The number of fused-ring (bicyclic) bond motifs is 5. The molecule has 0 bridgehead atoms. The van der Waals surface area contributed by atoms with Gasteiger partial charge in [0, 0.05) is 11.4 Å². The van der Waals surface area contributed by atoms with Gasteiger partial charge in [0.1, 0.15) is 10.7 Å². The van der Waals surface area contributed by atoms with Gasteiger partial charge in [0.2, 0.25) is 5.78 Å². The van der Waals surface area contributed by atoms with Crippen LogP contribution in [0.4, 0.5) is 0 Å². The van der Waals surface area contributed by atoms with Gasteiger partial charge in [0.05, 0.1) is 5.39 Å². The number of hydrogen-bond acceptors (Lipinski definition) is 4. The molecule has 0 amide bonds. The summed E-state index contributed by atoms with van der Waals surface area (Å²) < 4.78 is 3.78. The van der Waals surface area contributed by atoms with E-state index < -0.39 is 0 Å². The van der Waals surface area contributed by atoms with E-state index in [1.807, 2.05) is 18.2 Å². The maximum absolute atomic E-state index is 12.8. The van der Waals surface area contributed by atoms with Crippen LogP contribution in [0.15, 0.2) is 4.79 Å². The lowest BCUT2D eigenvalue weighted by molar-refractivity contribution is 0.696. The summed E-state index contributed by atoms with van der Waals surface area (Å²) in [6.45, 7) is 4.56. The van der Waals surface area contributed by atoms with E-state index >= 15 is 0 Å². The Labute approximate surface area is 119 Å². The second kappa shape index (κ2) is 4.15. The molecule has 0 fully saturated rings. The van der Waals surface area contributed by atoms with Gasteiger partial charge in [0.15, 0.2) is 0 Å². The van der Waals surface area contributed by atoms with Crippen molar-refractivity contribution in [1.29, 1.82) is 0 Å². The monoisotopic (exact) mass is 288 g/mol. The zero-order chi connectivity index (χ0) is 13.9. The van der Waals surface area contributed by atoms with Crippen molar-refractivity contribution in [3.05, 3.63) is 26.6 Å². The highest BCUT2D eigenvalue weighted by molar-refractivity contribution is 7.18. The molecule has 3 aromatic rings. The Hall–Kier alpha value is -1.69. The van der Waals surface area contributed by atoms with Crippen molar-refractivity contribution in [2.75, 3.05) is 0 Å². The van der Waals surface area contributed by atoms with Gasteiger partial charge < -0.3 is 0 Å². The van der Waals surface area contributed by atoms with Crippen LogP contribution in [0.2, 0.25) is 0 Å². The molecular formula is C14H16N4OS. The smallest absolute Gasteiger partial charge is 0.263 e. The van der Waals surface area contributed by atoms with Gasteiger partial charge in [-0.2, -0.15) is 0 Å². The molecule has 5 nitrogen and oxygen atoms in total. The molecule has 0 radical (unpaired) electrons. The van der Waals surface area contributed by atoms with Crippen LogP contribution in [0.5, 0.6) is 0 Å². The van der Waals surface area contributed by atoms with Crippen LogP contribution in [0.3, 0.4) is 0 Å². The SMILES string of the molecule is CCn1c(=O)c2c3c(sc2n2c(C)nnc12)CCCC3. The summed E-state index contributed by atoms with van der Waals surface area (Å²) in [7, 11) is 0. The van der Waals surface area contributed by atoms with Gasteiger partial charge in [-0.25, -0.2) is 0 Å². The topological polar surface area (TPSA) is 52.2 Å². The molecule has 0 saturated carbocycles. The van der Waals surface area contributed by atoms with Gasteiger partial charge in [-0.05, 0) is 45.1 Å². The van der Waals surface area contributed by atoms with Crippen molar-refractivity contribution in [3.63, 3.8) is 0 Å². The maximum atomic E-state index is 12.8. The predicted molar refractivity (Wildman–Crippen MR) is 79.7 cm³/mol. The molecule has 3 heterocycles. The number of nitrogens with zero attached hydrogens (tertiary/aromatic N) is 4. The number of hydrogen-bond donors (Lipinski definition) is 0. The minimum absolute atomic E-state index is 0.0989. The first-order chi connectivity index (χ1) is 9.72. The Morgan fingerprint density at radius 2 is 2.05 bits per heavy atom. The Kier molecular flexibility index (Phi) is 2.51. The molecule has 0 atom stereocenters. The molecule has 1 aliphatic carbocycles. The van der Waals surface area contributed by atoms with Gasteiger partial charge in [0.25, 0.3) is 5.56 Å². The molecule has 0 saturated heterocycles. The highest BCUT2D eigenvalue weighted by Gasteiger charge is 2.23. The van der Waals surface area contributed by atoms with Crippen molar-refractivity contribution < 1.29 is 0 Å². The molecular weight excluding hydrogens is 272 g/mol. The van der Waals surface area contributed by atoms with E-state index in [0.717, 1.165) is 28.9 Å². The lowest BCUT2D eigenvalue weighted by Crippen LogP contribution is -2.22. The number of thiophene rings is 1. The van der Waals surface area contributed by atoms with Crippen LogP contribution < -0.4 is 5.56 Å². The standard InChI is InChI=1S/C14H16N4OS/c1-3-17-12(19)11-9-6-4-5-7-10(9)20-13(11)18-8(2)15-16-14(17)18/h3-7H2,1-2H3. The normalized spacial score (nSPS) is 15.1. The third-order valence-electron chi connectivity index (χ3n) is 4.18. The van der Waals surface area contributed by atoms with Gasteiger partial charge in [-0.1, -0.05) is 0 Å². The van der Waals surface area contributed by atoms with E-state index in [2.05, 4.69) is 10.2 Å². The maximum Gasteiger partial charge on any atom is 0.263 e. The van der Waals surface area contributed by atoms with Gasteiger partial charge >= 0.3 is 0 Å². The summed E-state index contributed by atoms with van der Waals surface area (Å²) in [6.07, 6.45) is 4.54. The quantitative estimate of drug-likeness (QED) is 0.690. The highest BCUT2D eigenvalue weighted by Crippen LogP contribution is 2.35. The molecule has 0 unspecified atom stereocenters. The highest BCUT2D eigenvalue weighted by atomic mass is 32.1. The van der Waals surface area contributed by atoms with Crippen LogP contribution in [-0.4, -0.2) is 19.2 Å². The summed E-state index contributed by atoms with van der Waals surface area (Å²) >= 11 is 1.75. The first-order valence-electron chi connectivity index (χ1n) is 7.11. The summed E-state index contributed by atoms with van der Waals surface area (Å²) in [5.74, 6) is 1.52. The molecule has 0 aliphatic heterocycles. The van der Waals surface area contributed by atoms with E-state index in [9.17, 15) is 4.79 Å². The Morgan fingerprint density at radius 1 is 1.25 bits per heavy atom. The second-order valence-electron chi connectivity index (χ2n) is 5.32. The fourth-order valence-corrected chi connectivity index (χ4v) is 4.63. The summed E-state index contributed by atoms with van der Waals surface area (Å²) in [4.78, 5) is 15.2. The van der Waals surface area contributed by atoms with Crippen LogP contribution in [0, 0.1) is 6.92 Å². The van der Waals surface area contributed by atoms with Crippen LogP contribution in [-0.2, 0) is 19.4 Å². The number of aromatic nitrogens is 4.